The summed E-state index contributed by atoms with van der Waals surface area (Å²) in [7, 11) is 3.06. The molecule has 0 spiro atoms. The molecule has 2 saturated heterocycles. The van der Waals surface area contributed by atoms with Crippen LogP contribution >= 0.6 is 11.3 Å². The monoisotopic (exact) mass is 513 g/mol. The number of nitrogens with zero attached hydrogens (tertiary/aromatic N) is 6. The van der Waals surface area contributed by atoms with Crippen LogP contribution in [0.5, 0.6) is 5.75 Å². The third-order valence-corrected chi connectivity index (χ3v) is 7.23. The highest BCUT2D eigenvalue weighted by Gasteiger charge is 2.29. The molecule has 0 amide bonds. The number of hydrogen-bond donors (Lipinski definition) is 1. The van der Waals surface area contributed by atoms with Gasteiger partial charge in [-0.05, 0) is 36.2 Å². The highest BCUT2D eigenvalue weighted by atomic mass is 32.1. The molecule has 2 aliphatic rings. The minimum Gasteiger partial charge on any atom is -0.497 e. The van der Waals surface area contributed by atoms with Crippen LogP contribution < -0.4 is 19.9 Å². The minimum atomic E-state index is -0.834. The number of anilines is 3. The number of halogens is 1. The molecule has 10 nitrogen and oxygen atoms in total. The van der Waals surface area contributed by atoms with E-state index < -0.39 is 12.3 Å². The van der Waals surface area contributed by atoms with Crippen molar-refractivity contribution in [3.05, 3.63) is 47.1 Å². The van der Waals surface area contributed by atoms with Gasteiger partial charge in [0.2, 0.25) is 5.13 Å². The Bertz CT molecular complexity index is 1190. The second-order valence-electron chi connectivity index (χ2n) is 8.88. The Morgan fingerprint density at radius 2 is 2.06 bits per heavy atom. The topological polar surface area (TPSA) is 106 Å². The Morgan fingerprint density at radius 3 is 2.78 bits per heavy atom. The smallest absolute Gasteiger partial charge is 0.205 e. The van der Waals surface area contributed by atoms with Crippen LogP contribution in [0.2, 0.25) is 0 Å². The van der Waals surface area contributed by atoms with Crippen LogP contribution in [-0.2, 0) is 16.0 Å². The predicted octanol–water partition coefficient (Wildman–Crippen LogP) is 2.68. The first-order valence-electron chi connectivity index (χ1n) is 11.8. The number of hydrogen-bond acceptors (Lipinski definition) is 11. The first-order valence-corrected chi connectivity index (χ1v) is 12.6. The lowest BCUT2D eigenvalue weighted by molar-refractivity contribution is -0.128. The largest absolute Gasteiger partial charge is 0.497 e. The Kier molecular flexibility index (Phi) is 7.23. The van der Waals surface area contributed by atoms with Crippen LogP contribution in [0.15, 0.2) is 36.5 Å². The minimum absolute atomic E-state index is 0.0943. The van der Waals surface area contributed by atoms with E-state index in [1.165, 1.54) is 18.4 Å². The van der Waals surface area contributed by atoms with Gasteiger partial charge < -0.3 is 24.6 Å². The Balaban J connectivity index is 1.21. The standard InChI is InChI=1S/C24H28FN7O3S/c1-34-19-9-15(8-18(10-19)32-12-16(25)13-32)23(35-2)20(33)11-22-29-30-24(36-22)27-17-5-7-31(14-17)21-4-3-6-26-28-21/h3-4,6,8-10,16-17,23H,5,7,11-14H2,1-2H3,(H,27,30)/t17-,23-/m1/s1. The Hall–Kier alpha value is -3.38. The second-order valence-corrected chi connectivity index (χ2v) is 9.95. The zero-order chi connectivity index (χ0) is 25.1. The number of methoxy groups -OCH3 is 2. The molecule has 1 aromatic carbocycles. The van der Waals surface area contributed by atoms with Crippen molar-refractivity contribution in [3.63, 3.8) is 0 Å². The van der Waals surface area contributed by atoms with Crippen LogP contribution in [-0.4, -0.2) is 78.8 Å². The van der Waals surface area contributed by atoms with E-state index in [0.29, 0.717) is 34.5 Å². The third-order valence-electron chi connectivity index (χ3n) is 6.37. The number of Topliss-reactive ketones (excluding diaryl/α,β-unsaturated/α-hetero) is 1. The average Bonchev–Trinajstić information content (AvgIpc) is 3.52. The van der Waals surface area contributed by atoms with Crippen LogP contribution in [0, 0.1) is 0 Å². The molecule has 2 fully saturated rings. The summed E-state index contributed by atoms with van der Waals surface area (Å²) in [6.45, 7) is 2.32. The van der Waals surface area contributed by atoms with Crippen molar-refractivity contribution in [2.24, 2.45) is 0 Å². The molecule has 5 rings (SSSR count). The molecule has 0 bridgehead atoms. The molecule has 2 aliphatic heterocycles. The molecule has 4 heterocycles. The number of nitrogens with one attached hydrogen (secondary N) is 1. The Morgan fingerprint density at radius 1 is 1.19 bits per heavy atom. The van der Waals surface area contributed by atoms with E-state index >= 15 is 0 Å². The fourth-order valence-electron chi connectivity index (χ4n) is 4.49. The van der Waals surface area contributed by atoms with E-state index in [1.54, 1.807) is 19.4 Å². The summed E-state index contributed by atoms with van der Waals surface area (Å²) in [6.07, 6.45) is 1.07. The molecular weight excluding hydrogens is 485 g/mol. The molecule has 1 N–H and O–H groups in total. The van der Waals surface area contributed by atoms with E-state index in [9.17, 15) is 9.18 Å². The van der Waals surface area contributed by atoms with Gasteiger partial charge in [0.05, 0.1) is 26.6 Å². The lowest BCUT2D eigenvalue weighted by Crippen LogP contribution is -2.48. The first kappa shape index (κ1) is 24.3. The molecular formula is C24H28FN7O3S. The number of ketones is 1. The van der Waals surface area contributed by atoms with Gasteiger partial charge in [0, 0.05) is 44.2 Å². The van der Waals surface area contributed by atoms with Crippen molar-refractivity contribution in [2.45, 2.75) is 31.2 Å². The van der Waals surface area contributed by atoms with Crippen molar-refractivity contribution in [2.75, 3.05) is 55.5 Å². The van der Waals surface area contributed by atoms with Crippen molar-refractivity contribution < 1.29 is 18.7 Å². The van der Waals surface area contributed by atoms with E-state index in [0.717, 1.165) is 31.0 Å². The highest BCUT2D eigenvalue weighted by Crippen LogP contribution is 2.33. The maximum absolute atomic E-state index is 13.4. The second kappa shape index (κ2) is 10.7. The predicted molar refractivity (Wildman–Crippen MR) is 135 cm³/mol. The highest BCUT2D eigenvalue weighted by molar-refractivity contribution is 7.15. The lowest BCUT2D eigenvalue weighted by atomic mass is 10.0. The molecule has 36 heavy (non-hydrogen) atoms. The van der Waals surface area contributed by atoms with E-state index in [-0.39, 0.29) is 18.2 Å². The molecule has 190 valence electrons. The number of aromatic nitrogens is 4. The van der Waals surface area contributed by atoms with Crippen molar-refractivity contribution in [3.8, 4) is 5.75 Å². The average molecular weight is 514 g/mol. The van der Waals surface area contributed by atoms with Gasteiger partial charge in [-0.3, -0.25) is 4.79 Å². The van der Waals surface area contributed by atoms with Crippen LogP contribution in [0.1, 0.15) is 23.1 Å². The zero-order valence-electron chi connectivity index (χ0n) is 20.1. The van der Waals surface area contributed by atoms with Crippen molar-refractivity contribution >= 4 is 33.8 Å². The normalized spacial score (nSPS) is 18.7. The first-order chi connectivity index (χ1) is 17.5. The summed E-state index contributed by atoms with van der Waals surface area (Å²) in [5, 5.41) is 21.3. The van der Waals surface area contributed by atoms with Gasteiger partial charge in [-0.25, -0.2) is 4.39 Å². The third kappa shape index (κ3) is 5.39. The van der Waals surface area contributed by atoms with Crippen LogP contribution in [0.3, 0.4) is 0 Å². The number of ether oxygens (including phenoxy) is 2. The van der Waals surface area contributed by atoms with Gasteiger partial charge in [0.1, 0.15) is 23.0 Å². The summed E-state index contributed by atoms with van der Waals surface area (Å²) in [5.41, 5.74) is 1.47. The van der Waals surface area contributed by atoms with Gasteiger partial charge in [-0.15, -0.1) is 15.3 Å². The number of carbonyl (C=O) groups excluding carboxylic acids is 1. The quantitative estimate of drug-likeness (QED) is 0.435. The van der Waals surface area contributed by atoms with Gasteiger partial charge in [0.15, 0.2) is 11.6 Å². The SMILES string of the molecule is COc1cc([C@@H](OC)C(=O)Cc2nnc(N[C@@H]3CCN(c4cccnn4)C3)s2)cc(N2CC(F)C2)c1. The summed E-state index contributed by atoms with van der Waals surface area (Å²) in [5.74, 6) is 1.31. The zero-order valence-corrected chi connectivity index (χ0v) is 20.9. The van der Waals surface area contributed by atoms with E-state index in [1.807, 2.05) is 29.2 Å². The van der Waals surface area contributed by atoms with Gasteiger partial charge >= 0.3 is 0 Å². The summed E-state index contributed by atoms with van der Waals surface area (Å²) < 4.78 is 24.4. The number of carbonyl (C=O) groups is 1. The number of rotatable bonds is 10. The maximum atomic E-state index is 13.4. The lowest BCUT2D eigenvalue weighted by Gasteiger charge is -2.37. The molecule has 2 aromatic heterocycles. The molecule has 0 saturated carbocycles. The maximum Gasteiger partial charge on any atom is 0.205 e. The molecule has 0 radical (unpaired) electrons. The number of alkyl halides is 1. The summed E-state index contributed by atoms with van der Waals surface area (Å²) in [6, 6.07) is 9.50. The fraction of sp³-hybridized carbons (Fsp3) is 0.458. The van der Waals surface area contributed by atoms with Crippen LogP contribution in [0.4, 0.5) is 21.0 Å². The number of benzene rings is 1. The summed E-state index contributed by atoms with van der Waals surface area (Å²) in [4.78, 5) is 17.3. The fourth-order valence-corrected chi connectivity index (χ4v) is 5.32. The summed E-state index contributed by atoms with van der Waals surface area (Å²) >= 11 is 1.37. The van der Waals surface area contributed by atoms with Gasteiger partial charge in [-0.1, -0.05) is 11.3 Å². The molecule has 3 aromatic rings. The van der Waals surface area contributed by atoms with E-state index in [2.05, 4.69) is 30.6 Å². The Labute approximate surface area is 212 Å². The van der Waals surface area contributed by atoms with E-state index in [4.69, 9.17) is 9.47 Å². The molecule has 2 atom stereocenters. The molecule has 0 aliphatic carbocycles. The molecule has 12 heteroatoms. The van der Waals surface area contributed by atoms with Crippen LogP contribution in [0.25, 0.3) is 0 Å². The molecule has 0 unspecified atom stereocenters. The van der Waals surface area contributed by atoms with Gasteiger partial charge in [0.25, 0.3) is 0 Å². The van der Waals surface area contributed by atoms with Crippen molar-refractivity contribution in [1.82, 2.24) is 20.4 Å². The van der Waals surface area contributed by atoms with Crippen molar-refractivity contribution in [1.29, 1.82) is 0 Å². The van der Waals surface area contributed by atoms with Gasteiger partial charge in [-0.2, -0.15) is 5.10 Å².